The molecule has 3 heterocycles. The molecular formula is C20H23N7O5. The van der Waals surface area contributed by atoms with Crippen molar-refractivity contribution in [3.63, 3.8) is 0 Å². The Labute approximate surface area is 182 Å². The van der Waals surface area contributed by atoms with E-state index in [0.29, 0.717) is 12.4 Å². The molecule has 6 N–H and O–H groups in total. The highest BCUT2D eigenvalue weighted by molar-refractivity contribution is 5.84. The molecule has 1 saturated heterocycles. The van der Waals surface area contributed by atoms with Gasteiger partial charge in [0, 0.05) is 0 Å². The van der Waals surface area contributed by atoms with E-state index in [0.717, 1.165) is 5.56 Å². The number of aromatic nitrogens is 4. The topological polar surface area (TPSA) is 173 Å². The summed E-state index contributed by atoms with van der Waals surface area (Å²) in [5, 5.41) is 34.2. The number of ether oxygens (including phenoxy) is 2. The van der Waals surface area contributed by atoms with Gasteiger partial charge in [-0.3, -0.25) is 4.57 Å². The largest absolute Gasteiger partial charge is 0.490 e. The molecule has 1 fully saturated rings. The fourth-order valence-corrected chi connectivity index (χ4v) is 3.31. The zero-order valence-corrected chi connectivity index (χ0v) is 16.9. The predicted octanol–water partition coefficient (Wildman–Crippen LogP) is 0.0308. The van der Waals surface area contributed by atoms with Crippen molar-refractivity contribution in [2.75, 3.05) is 24.4 Å². The molecule has 1 aliphatic rings. The number of aliphatic hydroxyl groups excluding tert-OH is 3. The summed E-state index contributed by atoms with van der Waals surface area (Å²) >= 11 is 0. The van der Waals surface area contributed by atoms with Crippen LogP contribution in [-0.2, 0) is 4.74 Å². The minimum Gasteiger partial charge on any atom is -0.490 e. The van der Waals surface area contributed by atoms with Crippen LogP contribution in [-0.4, -0.2) is 72.6 Å². The Morgan fingerprint density at radius 3 is 2.72 bits per heavy atom. The summed E-state index contributed by atoms with van der Waals surface area (Å²) in [7, 11) is 0. The van der Waals surface area contributed by atoms with Crippen molar-refractivity contribution in [1.82, 2.24) is 19.5 Å². The maximum absolute atomic E-state index is 10.5. The molecule has 12 heteroatoms. The lowest BCUT2D eigenvalue weighted by molar-refractivity contribution is -0.0501. The third-order valence-electron chi connectivity index (χ3n) is 4.90. The Hall–Kier alpha value is -3.58. The number of nitrogens with zero attached hydrogens (tertiary/aromatic N) is 5. The predicted molar refractivity (Wildman–Crippen MR) is 116 cm³/mol. The van der Waals surface area contributed by atoms with E-state index in [-0.39, 0.29) is 22.9 Å². The summed E-state index contributed by atoms with van der Waals surface area (Å²) in [4.78, 5) is 12.5. The first kappa shape index (κ1) is 21.6. The summed E-state index contributed by atoms with van der Waals surface area (Å²) in [6, 6.07) is 7.25. The molecule has 4 rings (SSSR count). The lowest BCUT2D eigenvalue weighted by atomic mass is 10.1. The van der Waals surface area contributed by atoms with E-state index in [1.165, 1.54) is 10.9 Å². The highest BCUT2D eigenvalue weighted by Gasteiger charge is 2.45. The molecule has 0 spiro atoms. The summed E-state index contributed by atoms with van der Waals surface area (Å²) in [6.45, 7) is 3.56. The van der Waals surface area contributed by atoms with Crippen molar-refractivity contribution in [3.8, 4) is 5.75 Å². The van der Waals surface area contributed by atoms with E-state index in [9.17, 15) is 15.3 Å². The van der Waals surface area contributed by atoms with Crippen LogP contribution in [0.25, 0.3) is 11.2 Å². The van der Waals surface area contributed by atoms with Crippen LogP contribution in [0.2, 0.25) is 0 Å². The molecule has 0 aliphatic carbocycles. The van der Waals surface area contributed by atoms with E-state index < -0.39 is 31.1 Å². The van der Waals surface area contributed by atoms with Gasteiger partial charge in [-0.1, -0.05) is 12.7 Å². The number of anilines is 2. The van der Waals surface area contributed by atoms with Crippen molar-refractivity contribution >= 4 is 29.1 Å². The lowest BCUT2D eigenvalue weighted by Gasteiger charge is -2.18. The molecule has 2 aromatic heterocycles. The van der Waals surface area contributed by atoms with Crippen LogP contribution in [0.4, 0.5) is 11.8 Å². The Balaban J connectivity index is 1.61. The SMILES string of the molecule is C=CCOc1ccc(/C=N\Nc2nc3c(N)ncnc3n2[C@@H]2O[C@@H](CO)[C@@H](O)[C@@H]2O)cc1. The Kier molecular flexibility index (Phi) is 6.28. The van der Waals surface area contributed by atoms with Crippen molar-refractivity contribution in [2.45, 2.75) is 24.5 Å². The van der Waals surface area contributed by atoms with Crippen molar-refractivity contribution in [2.24, 2.45) is 5.10 Å². The van der Waals surface area contributed by atoms with Crippen molar-refractivity contribution in [3.05, 3.63) is 48.8 Å². The number of nitrogen functional groups attached to an aromatic ring is 1. The highest BCUT2D eigenvalue weighted by atomic mass is 16.6. The van der Waals surface area contributed by atoms with E-state index in [2.05, 4.69) is 32.1 Å². The van der Waals surface area contributed by atoms with E-state index in [1.807, 2.05) is 12.1 Å². The number of rotatable bonds is 8. The Morgan fingerprint density at radius 1 is 1.25 bits per heavy atom. The molecule has 12 nitrogen and oxygen atoms in total. The van der Waals surface area contributed by atoms with Crippen LogP contribution in [0.5, 0.6) is 5.75 Å². The molecule has 0 bridgehead atoms. The molecule has 3 aromatic rings. The number of nitrogens with one attached hydrogen (secondary N) is 1. The number of hydrazone groups is 1. The third kappa shape index (κ3) is 4.11. The van der Waals surface area contributed by atoms with E-state index >= 15 is 0 Å². The molecule has 1 aromatic carbocycles. The van der Waals surface area contributed by atoms with Crippen LogP contribution in [0.3, 0.4) is 0 Å². The molecule has 1 aliphatic heterocycles. The zero-order chi connectivity index (χ0) is 22.7. The van der Waals surface area contributed by atoms with Gasteiger partial charge in [-0.15, -0.1) is 0 Å². The maximum atomic E-state index is 10.5. The van der Waals surface area contributed by atoms with Gasteiger partial charge in [-0.05, 0) is 29.8 Å². The van der Waals surface area contributed by atoms with Gasteiger partial charge in [0.2, 0.25) is 5.95 Å². The van der Waals surface area contributed by atoms with Crippen LogP contribution < -0.4 is 15.9 Å². The summed E-state index contributed by atoms with van der Waals surface area (Å²) < 4.78 is 12.5. The quantitative estimate of drug-likeness (QED) is 0.182. The van der Waals surface area contributed by atoms with Gasteiger partial charge >= 0.3 is 0 Å². The first-order chi connectivity index (χ1) is 15.5. The second kappa shape index (κ2) is 9.28. The monoisotopic (exact) mass is 441 g/mol. The zero-order valence-electron chi connectivity index (χ0n) is 16.9. The second-order valence-electron chi connectivity index (χ2n) is 7.00. The number of fused-ring (bicyclic) bond motifs is 1. The van der Waals surface area contributed by atoms with Crippen molar-refractivity contribution < 1.29 is 24.8 Å². The maximum Gasteiger partial charge on any atom is 0.228 e. The second-order valence-corrected chi connectivity index (χ2v) is 7.00. The van der Waals surface area contributed by atoms with Crippen LogP contribution in [0.1, 0.15) is 11.8 Å². The van der Waals surface area contributed by atoms with Gasteiger partial charge in [-0.25, -0.2) is 20.4 Å². The summed E-state index contributed by atoms with van der Waals surface area (Å²) in [5.41, 5.74) is 10.0. The number of hydrogen-bond acceptors (Lipinski definition) is 11. The van der Waals surface area contributed by atoms with Crippen LogP contribution >= 0.6 is 0 Å². The molecule has 4 atom stereocenters. The van der Waals surface area contributed by atoms with Gasteiger partial charge in [0.15, 0.2) is 23.2 Å². The van der Waals surface area contributed by atoms with E-state index in [4.69, 9.17) is 15.2 Å². The third-order valence-corrected chi connectivity index (χ3v) is 4.90. The van der Waals surface area contributed by atoms with Gasteiger partial charge in [0.25, 0.3) is 0 Å². The normalized spacial score (nSPS) is 23.1. The van der Waals surface area contributed by atoms with Gasteiger partial charge in [0.05, 0.1) is 12.8 Å². The smallest absolute Gasteiger partial charge is 0.228 e. The van der Waals surface area contributed by atoms with Gasteiger partial charge in [-0.2, -0.15) is 5.10 Å². The molecule has 0 radical (unpaired) electrons. The first-order valence-corrected chi connectivity index (χ1v) is 9.77. The minimum absolute atomic E-state index is 0.127. The molecule has 0 amide bonds. The molecule has 168 valence electrons. The standard InChI is InChI=1S/C20H23N7O5/c1-2-7-31-12-5-3-11(4-6-12)8-24-26-20-25-14-17(21)22-10-23-18(14)27(20)19-16(30)15(29)13(9-28)32-19/h2-6,8,10,13,15-16,19,28-30H,1,7,9H2,(H,25,26)(H2,21,22,23)/b24-8-/t13-,15+,16-,19+/m0/s1. The highest BCUT2D eigenvalue weighted by Crippen LogP contribution is 2.35. The summed E-state index contributed by atoms with van der Waals surface area (Å²) in [5.74, 6) is 0.988. The lowest BCUT2D eigenvalue weighted by Crippen LogP contribution is -2.33. The number of hydrogen-bond donors (Lipinski definition) is 5. The number of aliphatic hydroxyl groups is 3. The average Bonchev–Trinajstić information content (AvgIpc) is 3.31. The van der Waals surface area contributed by atoms with Gasteiger partial charge < -0.3 is 30.5 Å². The molecule has 0 unspecified atom stereocenters. The van der Waals surface area contributed by atoms with Crippen LogP contribution in [0, 0.1) is 0 Å². The fraction of sp³-hybridized carbons (Fsp3) is 0.300. The summed E-state index contributed by atoms with van der Waals surface area (Å²) in [6.07, 6.45) is -0.207. The molecular weight excluding hydrogens is 418 g/mol. The average molecular weight is 441 g/mol. The van der Waals surface area contributed by atoms with Crippen molar-refractivity contribution in [1.29, 1.82) is 0 Å². The Bertz CT molecular complexity index is 1120. The minimum atomic E-state index is -1.34. The number of imidazole rings is 1. The first-order valence-electron chi connectivity index (χ1n) is 9.77. The number of nitrogens with two attached hydrogens (primary N) is 1. The molecule has 32 heavy (non-hydrogen) atoms. The molecule has 0 saturated carbocycles. The fourth-order valence-electron chi connectivity index (χ4n) is 3.31. The van der Waals surface area contributed by atoms with E-state index in [1.54, 1.807) is 24.4 Å². The number of benzene rings is 1. The van der Waals surface area contributed by atoms with Gasteiger partial charge in [0.1, 0.15) is 37.0 Å². The Morgan fingerprint density at radius 2 is 2.03 bits per heavy atom. The van der Waals surface area contributed by atoms with Crippen LogP contribution in [0.15, 0.2) is 48.3 Å².